The zero-order valence-corrected chi connectivity index (χ0v) is 17.4. The minimum absolute atomic E-state index is 0.158. The van der Waals surface area contributed by atoms with Crippen molar-refractivity contribution in [2.45, 2.75) is 26.1 Å². The fraction of sp³-hybridized carbons (Fsp3) is 0.450. The third-order valence-corrected chi connectivity index (χ3v) is 4.80. The maximum atomic E-state index is 10.8. The average molecular weight is 407 g/mol. The monoisotopic (exact) mass is 406 g/mol. The summed E-state index contributed by atoms with van der Waals surface area (Å²) in [5.41, 5.74) is 2.56. The maximum Gasteiger partial charge on any atom is 0.201 e. The van der Waals surface area contributed by atoms with E-state index >= 15 is 0 Å². The number of benzene rings is 1. The molecule has 0 amide bonds. The van der Waals surface area contributed by atoms with Crippen LogP contribution >= 0.6 is 11.9 Å². The van der Waals surface area contributed by atoms with Gasteiger partial charge in [-0.3, -0.25) is 4.98 Å². The van der Waals surface area contributed by atoms with Gasteiger partial charge in [0, 0.05) is 47.6 Å². The lowest BCUT2D eigenvalue weighted by atomic mass is 9.91. The Kier molecular flexibility index (Phi) is 9.19. The molecule has 0 spiro atoms. The summed E-state index contributed by atoms with van der Waals surface area (Å²) in [6, 6.07) is 9.53. The topological polar surface area (TPSA) is 79.2 Å². The normalized spacial score (nSPS) is 12.0. The van der Waals surface area contributed by atoms with Crippen LogP contribution in [-0.2, 0) is 9.47 Å². The van der Waals surface area contributed by atoms with Crippen LogP contribution in [0.1, 0.15) is 42.9 Å². The Morgan fingerprint density at radius 2 is 1.79 bits per heavy atom. The molecule has 0 aliphatic rings. The van der Waals surface area contributed by atoms with Gasteiger partial charge in [-0.25, -0.2) is 0 Å². The molecule has 1 unspecified atom stereocenters. The summed E-state index contributed by atoms with van der Waals surface area (Å²) in [7, 11) is 3.18. The van der Waals surface area contributed by atoms with Crippen LogP contribution in [0.3, 0.4) is 0 Å². The second-order valence-electron chi connectivity index (χ2n) is 5.76. The van der Waals surface area contributed by atoms with E-state index in [0.29, 0.717) is 36.2 Å². The molecule has 1 atom stereocenters. The minimum Gasteiger partial charge on any atom is -0.493 e. The fourth-order valence-electron chi connectivity index (χ4n) is 2.97. The molecule has 28 heavy (non-hydrogen) atoms. The van der Waals surface area contributed by atoms with Gasteiger partial charge in [0.15, 0.2) is 11.5 Å². The molecule has 0 N–H and O–H groups in total. The standard InChI is InChI=1S/C20H26N2O5S/c1-5-26-20(27-6-2)19-15(8-7-11-21-19)16(13-28-22-23)14-9-10-17(24-3)18(12-14)25-4/h7-12,16,20H,5-6,13H2,1-4H3. The molecule has 0 saturated carbocycles. The number of ether oxygens (including phenoxy) is 4. The van der Waals surface area contributed by atoms with Crippen molar-refractivity contribution < 1.29 is 18.9 Å². The van der Waals surface area contributed by atoms with E-state index in [2.05, 4.69) is 9.57 Å². The van der Waals surface area contributed by atoms with E-state index in [1.54, 1.807) is 20.4 Å². The number of hydrogen-bond acceptors (Lipinski definition) is 8. The van der Waals surface area contributed by atoms with E-state index in [4.69, 9.17) is 18.9 Å². The van der Waals surface area contributed by atoms with Crippen molar-refractivity contribution in [1.82, 2.24) is 4.98 Å². The number of pyridine rings is 1. The van der Waals surface area contributed by atoms with Crippen LogP contribution < -0.4 is 9.47 Å². The lowest BCUT2D eigenvalue weighted by Crippen LogP contribution is -2.16. The highest BCUT2D eigenvalue weighted by atomic mass is 32.2. The first-order chi connectivity index (χ1) is 13.7. The molecule has 8 heteroatoms. The number of aromatic nitrogens is 1. The van der Waals surface area contributed by atoms with E-state index in [0.717, 1.165) is 23.1 Å². The van der Waals surface area contributed by atoms with Crippen LogP contribution in [0.5, 0.6) is 11.5 Å². The molecule has 0 aliphatic heterocycles. The summed E-state index contributed by atoms with van der Waals surface area (Å²) < 4.78 is 25.3. The first-order valence-electron chi connectivity index (χ1n) is 9.04. The van der Waals surface area contributed by atoms with Gasteiger partial charge in [0.2, 0.25) is 6.29 Å². The minimum atomic E-state index is -0.581. The summed E-state index contributed by atoms with van der Waals surface area (Å²) in [6.07, 6.45) is 1.13. The molecule has 7 nitrogen and oxygen atoms in total. The molecule has 0 saturated heterocycles. The van der Waals surface area contributed by atoms with Crippen LogP contribution in [0.25, 0.3) is 0 Å². The molecule has 0 aliphatic carbocycles. The first kappa shape index (κ1) is 22.1. The van der Waals surface area contributed by atoms with Gasteiger partial charge in [0.25, 0.3) is 0 Å². The molecule has 152 valence electrons. The predicted octanol–water partition coefficient (Wildman–Crippen LogP) is 4.72. The first-order valence-corrected chi connectivity index (χ1v) is 9.98. The molecule has 1 aromatic heterocycles. The van der Waals surface area contributed by atoms with Crippen LogP contribution in [-0.4, -0.2) is 38.2 Å². The highest BCUT2D eigenvalue weighted by Gasteiger charge is 2.25. The van der Waals surface area contributed by atoms with Crippen LogP contribution in [0.15, 0.2) is 41.1 Å². The van der Waals surface area contributed by atoms with Gasteiger partial charge in [-0.2, -0.15) is 0 Å². The van der Waals surface area contributed by atoms with Crippen LogP contribution in [0, 0.1) is 4.91 Å². The van der Waals surface area contributed by atoms with Crippen molar-refractivity contribution in [2.24, 2.45) is 4.58 Å². The van der Waals surface area contributed by atoms with Crippen molar-refractivity contribution in [1.29, 1.82) is 0 Å². The van der Waals surface area contributed by atoms with Gasteiger partial charge in [-0.15, -0.1) is 4.91 Å². The van der Waals surface area contributed by atoms with Gasteiger partial charge in [0.1, 0.15) is 5.69 Å². The van der Waals surface area contributed by atoms with Crippen molar-refractivity contribution in [3.8, 4) is 11.5 Å². The van der Waals surface area contributed by atoms with Crippen molar-refractivity contribution in [3.05, 3.63) is 58.3 Å². The van der Waals surface area contributed by atoms with E-state index in [9.17, 15) is 4.91 Å². The highest BCUT2D eigenvalue weighted by molar-refractivity contribution is 7.97. The summed E-state index contributed by atoms with van der Waals surface area (Å²) in [5, 5.41) is 0. The number of nitroso groups, excluding NO2 is 1. The molecule has 1 aromatic carbocycles. The Labute approximate surface area is 169 Å². The second-order valence-corrected chi connectivity index (χ2v) is 6.50. The third-order valence-electron chi connectivity index (χ3n) is 4.21. The molecule has 0 radical (unpaired) electrons. The van der Waals surface area contributed by atoms with Crippen molar-refractivity contribution in [3.63, 3.8) is 0 Å². The zero-order valence-electron chi connectivity index (χ0n) is 16.6. The maximum absolute atomic E-state index is 10.8. The van der Waals surface area contributed by atoms with E-state index in [1.165, 1.54) is 0 Å². The van der Waals surface area contributed by atoms with E-state index < -0.39 is 6.29 Å². The number of methoxy groups -OCH3 is 2. The Morgan fingerprint density at radius 1 is 1.07 bits per heavy atom. The van der Waals surface area contributed by atoms with Gasteiger partial charge in [-0.1, -0.05) is 12.1 Å². The lowest BCUT2D eigenvalue weighted by molar-refractivity contribution is -0.143. The number of rotatable bonds is 12. The molecule has 0 fully saturated rings. The Bertz CT molecular complexity index is 753. The largest absolute Gasteiger partial charge is 0.493 e. The van der Waals surface area contributed by atoms with Crippen molar-refractivity contribution in [2.75, 3.05) is 33.2 Å². The van der Waals surface area contributed by atoms with E-state index in [1.807, 2.05) is 44.2 Å². The Hall–Kier alpha value is -2.16. The van der Waals surface area contributed by atoms with Crippen LogP contribution in [0.4, 0.5) is 0 Å². The highest BCUT2D eigenvalue weighted by Crippen LogP contribution is 2.37. The molecule has 2 aromatic rings. The van der Waals surface area contributed by atoms with Gasteiger partial charge in [0.05, 0.1) is 14.2 Å². The fourth-order valence-corrected chi connectivity index (χ4v) is 3.55. The second kappa shape index (κ2) is 11.6. The summed E-state index contributed by atoms with van der Waals surface area (Å²) in [6.45, 7) is 4.80. The zero-order chi connectivity index (χ0) is 20.4. The quantitative estimate of drug-likeness (QED) is 0.287. The Balaban J connectivity index is 2.53. The van der Waals surface area contributed by atoms with E-state index in [-0.39, 0.29) is 5.92 Å². The van der Waals surface area contributed by atoms with Gasteiger partial charge >= 0.3 is 0 Å². The third kappa shape index (κ3) is 5.43. The molecule has 0 bridgehead atoms. The Morgan fingerprint density at radius 3 is 2.39 bits per heavy atom. The number of hydrogen-bond donors (Lipinski definition) is 0. The molecular weight excluding hydrogens is 380 g/mol. The molecular formula is C20H26N2O5S. The number of nitrogens with zero attached hydrogens (tertiary/aromatic N) is 2. The van der Waals surface area contributed by atoms with Crippen LogP contribution in [0.2, 0.25) is 0 Å². The predicted molar refractivity (Wildman–Crippen MR) is 110 cm³/mol. The van der Waals surface area contributed by atoms with Crippen molar-refractivity contribution >= 4 is 11.9 Å². The van der Waals surface area contributed by atoms with Gasteiger partial charge < -0.3 is 18.9 Å². The average Bonchev–Trinajstić information content (AvgIpc) is 2.74. The van der Waals surface area contributed by atoms with Gasteiger partial charge in [-0.05, 0) is 43.2 Å². The lowest BCUT2D eigenvalue weighted by Gasteiger charge is -2.24. The molecule has 2 rings (SSSR count). The summed E-state index contributed by atoms with van der Waals surface area (Å²) in [5.74, 6) is 1.54. The molecule has 1 heterocycles. The SMILES string of the molecule is CCOC(OCC)c1ncccc1C(CSN=O)c1ccc(OC)c(OC)c1. The summed E-state index contributed by atoms with van der Waals surface area (Å²) >= 11 is 0.964. The smallest absolute Gasteiger partial charge is 0.201 e. The summed E-state index contributed by atoms with van der Waals surface area (Å²) in [4.78, 5) is 15.3.